The van der Waals surface area contributed by atoms with Crippen LogP contribution in [-0.2, 0) is 9.53 Å². The van der Waals surface area contributed by atoms with Gasteiger partial charge in [0.05, 0.1) is 5.41 Å². The highest BCUT2D eigenvalue weighted by atomic mass is 16.6. The zero-order chi connectivity index (χ0) is 9.64. The Kier molecular flexibility index (Phi) is 1.90. The van der Waals surface area contributed by atoms with Crippen molar-refractivity contribution in [1.82, 2.24) is 0 Å². The summed E-state index contributed by atoms with van der Waals surface area (Å²) in [7, 11) is 0. The first-order valence-electron chi connectivity index (χ1n) is 5.34. The van der Waals surface area contributed by atoms with Gasteiger partial charge in [-0.1, -0.05) is 20.8 Å². The molecule has 3 atom stereocenters. The largest absolute Gasteiger partial charge is 0.462 e. The van der Waals surface area contributed by atoms with Crippen LogP contribution in [0.4, 0.5) is 0 Å². The van der Waals surface area contributed by atoms with Gasteiger partial charge < -0.3 is 4.74 Å². The van der Waals surface area contributed by atoms with E-state index < -0.39 is 0 Å². The van der Waals surface area contributed by atoms with Crippen molar-refractivity contribution in [3.05, 3.63) is 0 Å². The second kappa shape index (κ2) is 2.73. The molecule has 0 spiro atoms. The Bertz CT molecular complexity index is 234. The second-order valence-corrected chi connectivity index (χ2v) is 4.69. The van der Waals surface area contributed by atoms with Gasteiger partial charge in [0.2, 0.25) is 0 Å². The van der Waals surface area contributed by atoms with E-state index in [9.17, 15) is 4.79 Å². The van der Waals surface area contributed by atoms with Gasteiger partial charge in [-0.25, -0.2) is 0 Å². The van der Waals surface area contributed by atoms with E-state index in [4.69, 9.17) is 4.74 Å². The third-order valence-corrected chi connectivity index (χ3v) is 4.06. The van der Waals surface area contributed by atoms with Gasteiger partial charge in [0.15, 0.2) is 0 Å². The smallest absolute Gasteiger partial charge is 0.313 e. The fourth-order valence-electron chi connectivity index (χ4n) is 3.32. The summed E-state index contributed by atoms with van der Waals surface area (Å²) in [6, 6.07) is 0. The van der Waals surface area contributed by atoms with Gasteiger partial charge >= 0.3 is 5.97 Å². The minimum absolute atomic E-state index is 0.0746. The van der Waals surface area contributed by atoms with E-state index in [1.54, 1.807) is 0 Å². The molecule has 1 saturated heterocycles. The molecule has 2 bridgehead atoms. The molecule has 2 nitrogen and oxygen atoms in total. The number of carbonyl (C=O) groups is 1. The van der Waals surface area contributed by atoms with Crippen LogP contribution in [0.25, 0.3) is 0 Å². The first-order valence-corrected chi connectivity index (χ1v) is 5.34. The quantitative estimate of drug-likeness (QED) is 0.613. The maximum atomic E-state index is 11.7. The van der Waals surface area contributed by atoms with Crippen LogP contribution in [0.5, 0.6) is 0 Å². The normalized spacial score (nSPS) is 42.9. The van der Waals surface area contributed by atoms with Gasteiger partial charge in [0.1, 0.15) is 6.10 Å². The van der Waals surface area contributed by atoms with Crippen molar-refractivity contribution in [1.29, 1.82) is 0 Å². The minimum atomic E-state index is -0.126. The molecular weight excluding hydrogens is 164 g/mol. The predicted octanol–water partition coefficient (Wildman–Crippen LogP) is 2.37. The standard InChI is InChI=1S/C11H18O2/c1-4-8-9-5-6-11(8,7(2)3)10(12)13-9/h7-9H,4-6H2,1-3H3. The Morgan fingerprint density at radius 3 is 2.69 bits per heavy atom. The summed E-state index contributed by atoms with van der Waals surface area (Å²) in [4.78, 5) is 11.7. The van der Waals surface area contributed by atoms with E-state index >= 15 is 0 Å². The van der Waals surface area contributed by atoms with E-state index in [0.29, 0.717) is 11.8 Å². The molecule has 74 valence electrons. The molecule has 2 fully saturated rings. The first-order chi connectivity index (χ1) is 6.13. The number of hydrogen-bond donors (Lipinski definition) is 0. The fraction of sp³-hybridized carbons (Fsp3) is 0.909. The molecule has 0 N–H and O–H groups in total. The molecule has 0 amide bonds. The van der Waals surface area contributed by atoms with Crippen molar-refractivity contribution >= 4 is 5.97 Å². The molecule has 3 unspecified atom stereocenters. The van der Waals surface area contributed by atoms with Gasteiger partial charge in [-0.15, -0.1) is 0 Å². The van der Waals surface area contributed by atoms with Crippen LogP contribution < -0.4 is 0 Å². The molecule has 2 rings (SSSR count). The number of ether oxygens (including phenoxy) is 1. The zero-order valence-corrected chi connectivity index (χ0v) is 8.67. The van der Waals surface area contributed by atoms with Gasteiger partial charge in [-0.05, 0) is 25.2 Å². The topological polar surface area (TPSA) is 26.3 Å². The summed E-state index contributed by atoms with van der Waals surface area (Å²) in [6.07, 6.45) is 3.45. The van der Waals surface area contributed by atoms with Crippen LogP contribution >= 0.6 is 0 Å². The Labute approximate surface area is 79.7 Å². The Balaban J connectivity index is 2.36. The lowest BCUT2D eigenvalue weighted by Gasteiger charge is -2.30. The molecule has 1 aliphatic carbocycles. The highest BCUT2D eigenvalue weighted by Crippen LogP contribution is 2.57. The lowest BCUT2D eigenvalue weighted by molar-refractivity contribution is -0.155. The molecule has 13 heavy (non-hydrogen) atoms. The molecule has 2 aliphatic rings. The van der Waals surface area contributed by atoms with Crippen molar-refractivity contribution in [2.75, 3.05) is 0 Å². The van der Waals surface area contributed by atoms with Crippen LogP contribution in [0.3, 0.4) is 0 Å². The Morgan fingerprint density at radius 2 is 2.31 bits per heavy atom. The van der Waals surface area contributed by atoms with Gasteiger partial charge in [-0.2, -0.15) is 0 Å². The highest BCUT2D eigenvalue weighted by Gasteiger charge is 2.62. The lowest BCUT2D eigenvalue weighted by atomic mass is 9.69. The summed E-state index contributed by atoms with van der Waals surface area (Å²) in [5.41, 5.74) is -0.126. The van der Waals surface area contributed by atoms with Crippen molar-refractivity contribution in [3.63, 3.8) is 0 Å². The molecule has 0 radical (unpaired) electrons. The van der Waals surface area contributed by atoms with Crippen molar-refractivity contribution in [2.45, 2.75) is 46.1 Å². The summed E-state index contributed by atoms with van der Waals surface area (Å²) in [5, 5.41) is 0. The Morgan fingerprint density at radius 1 is 1.62 bits per heavy atom. The summed E-state index contributed by atoms with van der Waals surface area (Å²) >= 11 is 0. The molecule has 0 aromatic heterocycles. The van der Waals surface area contributed by atoms with E-state index in [-0.39, 0.29) is 17.5 Å². The molecule has 1 aliphatic heterocycles. The number of rotatable bonds is 2. The van der Waals surface area contributed by atoms with Crippen LogP contribution in [0, 0.1) is 17.3 Å². The fourth-order valence-corrected chi connectivity index (χ4v) is 3.32. The molecule has 2 heteroatoms. The average Bonchev–Trinajstić information content (AvgIpc) is 2.55. The third kappa shape index (κ3) is 0.918. The van der Waals surface area contributed by atoms with Crippen LogP contribution in [0.1, 0.15) is 40.0 Å². The maximum absolute atomic E-state index is 11.7. The summed E-state index contributed by atoms with van der Waals surface area (Å²) in [6.45, 7) is 6.47. The van der Waals surface area contributed by atoms with Crippen molar-refractivity contribution in [2.24, 2.45) is 17.3 Å². The number of esters is 1. The molecule has 1 saturated carbocycles. The van der Waals surface area contributed by atoms with E-state index in [0.717, 1.165) is 19.3 Å². The summed E-state index contributed by atoms with van der Waals surface area (Å²) < 4.78 is 5.39. The number of fused-ring (bicyclic) bond motifs is 2. The summed E-state index contributed by atoms with van der Waals surface area (Å²) in [5.74, 6) is 0.989. The maximum Gasteiger partial charge on any atom is 0.313 e. The zero-order valence-electron chi connectivity index (χ0n) is 8.67. The van der Waals surface area contributed by atoms with E-state index in [1.165, 1.54) is 0 Å². The minimum Gasteiger partial charge on any atom is -0.462 e. The first kappa shape index (κ1) is 9.04. The third-order valence-electron chi connectivity index (χ3n) is 4.06. The van der Waals surface area contributed by atoms with E-state index in [2.05, 4.69) is 20.8 Å². The van der Waals surface area contributed by atoms with Crippen molar-refractivity contribution in [3.8, 4) is 0 Å². The monoisotopic (exact) mass is 182 g/mol. The molecule has 1 heterocycles. The SMILES string of the molecule is CCC1C2CCC1(C(C)C)C(=O)O2. The average molecular weight is 182 g/mol. The van der Waals surface area contributed by atoms with Crippen LogP contribution in [0.2, 0.25) is 0 Å². The van der Waals surface area contributed by atoms with Gasteiger partial charge in [-0.3, -0.25) is 4.79 Å². The lowest BCUT2D eigenvalue weighted by Crippen LogP contribution is -2.36. The van der Waals surface area contributed by atoms with Crippen molar-refractivity contribution < 1.29 is 9.53 Å². The number of hydrogen-bond acceptors (Lipinski definition) is 2. The van der Waals surface area contributed by atoms with Gasteiger partial charge in [0, 0.05) is 5.92 Å². The van der Waals surface area contributed by atoms with Gasteiger partial charge in [0.25, 0.3) is 0 Å². The second-order valence-electron chi connectivity index (χ2n) is 4.69. The molecular formula is C11H18O2. The van der Waals surface area contributed by atoms with Crippen LogP contribution in [0.15, 0.2) is 0 Å². The number of carbonyl (C=O) groups excluding carboxylic acids is 1. The van der Waals surface area contributed by atoms with Crippen LogP contribution in [-0.4, -0.2) is 12.1 Å². The van der Waals surface area contributed by atoms with E-state index in [1.807, 2.05) is 0 Å². The highest BCUT2D eigenvalue weighted by molar-refractivity contribution is 5.81. The Hall–Kier alpha value is -0.530. The molecule has 0 aromatic rings. The predicted molar refractivity (Wildman–Crippen MR) is 50.2 cm³/mol. The molecule has 0 aromatic carbocycles.